The molecule has 0 unspecified atom stereocenters. The van der Waals surface area contributed by atoms with E-state index in [2.05, 4.69) is 29.2 Å². The van der Waals surface area contributed by atoms with Crippen LogP contribution in [0.25, 0.3) is 10.6 Å². The maximum Gasteiger partial charge on any atom is 0.257 e. The molecular weight excluding hydrogens is 444 g/mol. The van der Waals surface area contributed by atoms with Crippen LogP contribution in [-0.4, -0.2) is 53.9 Å². The summed E-state index contributed by atoms with van der Waals surface area (Å²) in [6, 6.07) is 22.4. The van der Waals surface area contributed by atoms with Crippen molar-refractivity contribution < 1.29 is 9.53 Å². The Labute approximate surface area is 204 Å². The summed E-state index contributed by atoms with van der Waals surface area (Å²) in [6.45, 7) is 3.77. The minimum atomic E-state index is 0.0549. The minimum absolute atomic E-state index is 0.0549. The highest BCUT2D eigenvalue weighted by atomic mass is 32.1. The van der Waals surface area contributed by atoms with Crippen LogP contribution < -0.4 is 9.64 Å². The van der Waals surface area contributed by atoms with Crippen molar-refractivity contribution >= 4 is 22.9 Å². The molecule has 1 saturated heterocycles. The van der Waals surface area contributed by atoms with Gasteiger partial charge < -0.3 is 14.5 Å². The smallest absolute Gasteiger partial charge is 0.257 e. The molecule has 1 amide bonds. The number of hydrogen-bond donors (Lipinski definition) is 0. The van der Waals surface area contributed by atoms with Gasteiger partial charge in [-0.1, -0.05) is 36.4 Å². The highest BCUT2D eigenvalue weighted by molar-refractivity contribution is 7.13. The fraction of sp³-hybridized carbons (Fsp3) is 0.259. The van der Waals surface area contributed by atoms with E-state index in [1.807, 2.05) is 63.6 Å². The maximum absolute atomic E-state index is 13.7. The Kier molecular flexibility index (Phi) is 6.62. The highest BCUT2D eigenvalue weighted by Crippen LogP contribution is 2.28. The first-order chi connectivity index (χ1) is 16.7. The molecule has 0 aliphatic carbocycles. The van der Waals surface area contributed by atoms with Gasteiger partial charge in [-0.05, 0) is 47.7 Å². The molecule has 3 heterocycles. The number of carbonyl (C=O) groups is 1. The van der Waals surface area contributed by atoms with Gasteiger partial charge in [0.15, 0.2) is 0 Å². The summed E-state index contributed by atoms with van der Waals surface area (Å²) >= 11 is 1.61. The molecule has 0 atom stereocenters. The number of rotatable bonds is 6. The van der Waals surface area contributed by atoms with Crippen LogP contribution >= 0.6 is 11.3 Å². The van der Waals surface area contributed by atoms with Gasteiger partial charge in [0.2, 0.25) is 0 Å². The largest absolute Gasteiger partial charge is 0.497 e. The van der Waals surface area contributed by atoms with Gasteiger partial charge in [0.25, 0.3) is 5.91 Å². The molecule has 2 aromatic carbocycles. The lowest BCUT2D eigenvalue weighted by molar-refractivity contribution is 0.0767. The lowest BCUT2D eigenvalue weighted by Crippen LogP contribution is -2.35. The number of ether oxygens (including phenoxy) is 1. The molecule has 0 N–H and O–H groups in total. The summed E-state index contributed by atoms with van der Waals surface area (Å²) in [5.41, 5.74) is 3.76. The molecule has 4 aromatic rings. The third kappa shape index (κ3) is 4.84. The third-order valence-electron chi connectivity index (χ3n) is 6.15. The number of amides is 1. The fourth-order valence-corrected chi connectivity index (χ4v) is 5.09. The summed E-state index contributed by atoms with van der Waals surface area (Å²) in [5.74, 6) is 0.906. The number of carbonyl (C=O) groups excluding carboxylic acids is 1. The Balaban J connectivity index is 1.35. The Morgan fingerprint density at radius 1 is 0.971 bits per heavy atom. The van der Waals surface area contributed by atoms with Crippen molar-refractivity contribution in [3.8, 4) is 16.3 Å². The molecule has 0 saturated carbocycles. The normalized spacial score (nSPS) is 14.1. The van der Waals surface area contributed by atoms with E-state index in [1.54, 1.807) is 18.4 Å². The van der Waals surface area contributed by atoms with Crippen LogP contribution in [0.5, 0.6) is 5.75 Å². The van der Waals surface area contributed by atoms with E-state index in [0.717, 1.165) is 53.6 Å². The molecule has 174 valence electrons. The molecule has 0 radical (unpaired) electrons. The highest BCUT2D eigenvalue weighted by Gasteiger charge is 2.26. The predicted octanol–water partition coefficient (Wildman–Crippen LogP) is 5.02. The Morgan fingerprint density at radius 2 is 1.79 bits per heavy atom. The summed E-state index contributed by atoms with van der Waals surface area (Å²) < 4.78 is 7.17. The zero-order chi connectivity index (χ0) is 23.3. The number of thiophene rings is 1. The molecule has 7 heteroatoms. The quantitative estimate of drug-likeness (QED) is 0.395. The molecule has 0 spiro atoms. The second-order valence-corrected chi connectivity index (χ2v) is 9.33. The van der Waals surface area contributed by atoms with E-state index < -0.39 is 0 Å². The second-order valence-electron chi connectivity index (χ2n) is 8.38. The third-order valence-corrected chi connectivity index (χ3v) is 7.03. The van der Waals surface area contributed by atoms with Crippen molar-refractivity contribution in [2.24, 2.45) is 0 Å². The topological polar surface area (TPSA) is 50.6 Å². The molecule has 2 aromatic heterocycles. The fourth-order valence-electron chi connectivity index (χ4n) is 4.37. The van der Waals surface area contributed by atoms with Crippen LogP contribution in [0, 0.1) is 0 Å². The van der Waals surface area contributed by atoms with Gasteiger partial charge in [-0.2, -0.15) is 5.10 Å². The number of anilines is 1. The number of nitrogens with zero attached hydrogens (tertiary/aromatic N) is 4. The lowest BCUT2D eigenvalue weighted by Gasteiger charge is -2.24. The van der Waals surface area contributed by atoms with Crippen LogP contribution in [0.4, 0.5) is 5.69 Å². The summed E-state index contributed by atoms with van der Waals surface area (Å²) in [5, 5.41) is 6.85. The van der Waals surface area contributed by atoms with Crippen molar-refractivity contribution in [2.45, 2.75) is 13.0 Å². The SMILES string of the molecule is COc1ccc(N2CCCN(C(=O)c3cn(Cc4ccccc4)nc3-c3cccs3)CC2)cc1. The lowest BCUT2D eigenvalue weighted by atomic mass is 10.2. The Hall–Kier alpha value is -3.58. The number of benzene rings is 2. The molecule has 0 bridgehead atoms. The molecule has 6 nitrogen and oxygen atoms in total. The van der Waals surface area contributed by atoms with Crippen LogP contribution in [0.2, 0.25) is 0 Å². The van der Waals surface area contributed by atoms with E-state index in [4.69, 9.17) is 9.84 Å². The number of methoxy groups -OCH3 is 1. The van der Waals surface area contributed by atoms with Gasteiger partial charge in [0, 0.05) is 38.1 Å². The van der Waals surface area contributed by atoms with Crippen molar-refractivity contribution in [2.75, 3.05) is 38.2 Å². The summed E-state index contributed by atoms with van der Waals surface area (Å²) in [7, 11) is 1.68. The molecule has 1 fully saturated rings. The number of aromatic nitrogens is 2. The predicted molar refractivity (Wildman–Crippen MR) is 137 cm³/mol. The van der Waals surface area contributed by atoms with Crippen molar-refractivity contribution in [3.63, 3.8) is 0 Å². The maximum atomic E-state index is 13.7. The summed E-state index contributed by atoms with van der Waals surface area (Å²) in [6.07, 6.45) is 2.83. The average Bonchev–Trinajstić information content (AvgIpc) is 3.49. The van der Waals surface area contributed by atoms with Gasteiger partial charge >= 0.3 is 0 Å². The average molecular weight is 473 g/mol. The first-order valence-electron chi connectivity index (χ1n) is 11.5. The van der Waals surface area contributed by atoms with Crippen molar-refractivity contribution in [1.29, 1.82) is 0 Å². The standard InChI is InChI=1S/C27H28N4O2S/c1-33-23-12-10-22(11-13-23)29-14-6-15-30(17-16-29)27(32)24-20-31(19-21-7-3-2-4-8-21)28-26(24)25-9-5-18-34-25/h2-5,7-13,18,20H,6,14-17,19H2,1H3. The Bertz CT molecular complexity index is 1220. The molecule has 5 rings (SSSR count). The van der Waals surface area contributed by atoms with Gasteiger partial charge in [-0.25, -0.2) is 0 Å². The van der Waals surface area contributed by atoms with Crippen LogP contribution in [0.3, 0.4) is 0 Å². The van der Waals surface area contributed by atoms with E-state index >= 15 is 0 Å². The van der Waals surface area contributed by atoms with E-state index in [-0.39, 0.29) is 5.91 Å². The molecular formula is C27H28N4O2S. The van der Waals surface area contributed by atoms with Crippen LogP contribution in [0.15, 0.2) is 78.3 Å². The first-order valence-corrected chi connectivity index (χ1v) is 12.4. The molecule has 34 heavy (non-hydrogen) atoms. The first kappa shape index (κ1) is 22.2. The van der Waals surface area contributed by atoms with Gasteiger partial charge in [0.05, 0.1) is 24.1 Å². The number of hydrogen-bond acceptors (Lipinski definition) is 5. The van der Waals surface area contributed by atoms with E-state index in [0.29, 0.717) is 18.7 Å². The van der Waals surface area contributed by atoms with Gasteiger partial charge in [-0.3, -0.25) is 9.48 Å². The summed E-state index contributed by atoms with van der Waals surface area (Å²) in [4.78, 5) is 19.0. The molecule has 1 aliphatic rings. The van der Waals surface area contributed by atoms with Crippen LogP contribution in [-0.2, 0) is 6.54 Å². The van der Waals surface area contributed by atoms with Crippen molar-refractivity contribution in [3.05, 3.63) is 89.4 Å². The second kappa shape index (κ2) is 10.1. The zero-order valence-corrected chi connectivity index (χ0v) is 20.1. The van der Waals surface area contributed by atoms with Crippen molar-refractivity contribution in [1.82, 2.24) is 14.7 Å². The monoisotopic (exact) mass is 472 g/mol. The Morgan fingerprint density at radius 3 is 2.53 bits per heavy atom. The van der Waals surface area contributed by atoms with Gasteiger partial charge in [0.1, 0.15) is 11.4 Å². The minimum Gasteiger partial charge on any atom is -0.497 e. The van der Waals surface area contributed by atoms with E-state index in [1.165, 1.54) is 0 Å². The van der Waals surface area contributed by atoms with E-state index in [9.17, 15) is 4.79 Å². The molecule has 1 aliphatic heterocycles. The van der Waals surface area contributed by atoms with Crippen LogP contribution in [0.1, 0.15) is 22.3 Å². The van der Waals surface area contributed by atoms with Gasteiger partial charge in [-0.15, -0.1) is 11.3 Å². The zero-order valence-electron chi connectivity index (χ0n) is 19.3.